The molecule has 1 atom stereocenters. The van der Waals surface area contributed by atoms with Crippen molar-refractivity contribution in [3.05, 3.63) is 23.7 Å². The summed E-state index contributed by atoms with van der Waals surface area (Å²) in [5.41, 5.74) is 3.33. The summed E-state index contributed by atoms with van der Waals surface area (Å²) in [7, 11) is 0. The van der Waals surface area contributed by atoms with E-state index in [9.17, 15) is 0 Å². The molecular weight excluding hydrogens is 212 g/mol. The number of hydrogen-bond acceptors (Lipinski definition) is 3. The minimum atomic E-state index is 0.625. The van der Waals surface area contributed by atoms with Gasteiger partial charge < -0.3 is 10.3 Å². The molecule has 0 amide bonds. The van der Waals surface area contributed by atoms with E-state index in [1.807, 2.05) is 6.20 Å². The number of imidazole rings is 1. The van der Waals surface area contributed by atoms with Gasteiger partial charge in [0.25, 0.3) is 0 Å². The average molecular weight is 228 g/mol. The molecule has 17 heavy (non-hydrogen) atoms. The summed E-state index contributed by atoms with van der Waals surface area (Å²) in [6, 6.07) is 2.24. The minimum absolute atomic E-state index is 0.625. The molecule has 2 aromatic rings. The third-order valence-corrected chi connectivity index (χ3v) is 3.87. The van der Waals surface area contributed by atoms with Gasteiger partial charge in [0.2, 0.25) is 0 Å². The smallest absolute Gasteiger partial charge is 0.177 e. The molecule has 2 N–H and O–H groups in total. The highest BCUT2D eigenvalue weighted by atomic mass is 15.0. The number of pyridine rings is 1. The van der Waals surface area contributed by atoms with Crippen LogP contribution in [0.2, 0.25) is 0 Å². The quantitative estimate of drug-likeness (QED) is 0.825. The highest BCUT2D eigenvalue weighted by molar-refractivity contribution is 5.71. The molecule has 4 heteroatoms. The van der Waals surface area contributed by atoms with Gasteiger partial charge in [0.15, 0.2) is 5.65 Å². The van der Waals surface area contributed by atoms with Crippen molar-refractivity contribution < 1.29 is 0 Å². The molecular formula is C13H16N4. The maximum absolute atomic E-state index is 4.56. The molecule has 1 aliphatic heterocycles. The van der Waals surface area contributed by atoms with E-state index in [4.69, 9.17) is 0 Å². The van der Waals surface area contributed by atoms with Gasteiger partial charge in [-0.05, 0) is 43.4 Å². The molecule has 4 rings (SSSR count). The highest BCUT2D eigenvalue weighted by Gasteiger charge is 2.27. The first-order valence-corrected chi connectivity index (χ1v) is 6.46. The summed E-state index contributed by atoms with van der Waals surface area (Å²) >= 11 is 0. The van der Waals surface area contributed by atoms with Crippen molar-refractivity contribution in [2.24, 2.45) is 0 Å². The lowest BCUT2D eigenvalue weighted by Gasteiger charge is -2.06. The Kier molecular flexibility index (Phi) is 1.99. The van der Waals surface area contributed by atoms with Crippen molar-refractivity contribution >= 4 is 11.2 Å². The van der Waals surface area contributed by atoms with Crippen LogP contribution in [0.25, 0.3) is 11.2 Å². The molecule has 88 valence electrons. The minimum Gasteiger partial charge on any atom is -0.340 e. The Morgan fingerprint density at radius 1 is 1.18 bits per heavy atom. The number of fused-ring (bicyclic) bond motifs is 1. The van der Waals surface area contributed by atoms with Crippen molar-refractivity contribution in [3.8, 4) is 0 Å². The van der Waals surface area contributed by atoms with E-state index in [0.717, 1.165) is 30.1 Å². The number of aromatic nitrogens is 3. The number of rotatable bonds is 2. The first-order valence-electron chi connectivity index (χ1n) is 6.46. The zero-order valence-electron chi connectivity index (χ0n) is 9.74. The summed E-state index contributed by atoms with van der Waals surface area (Å²) in [5, 5.41) is 3.40. The number of nitrogens with zero attached hydrogens (tertiary/aromatic N) is 2. The third-order valence-electron chi connectivity index (χ3n) is 3.87. The van der Waals surface area contributed by atoms with E-state index >= 15 is 0 Å². The monoisotopic (exact) mass is 228 g/mol. The lowest BCUT2D eigenvalue weighted by Crippen LogP contribution is -2.08. The maximum atomic E-state index is 4.56. The predicted molar refractivity (Wildman–Crippen MR) is 66.1 cm³/mol. The molecule has 0 radical (unpaired) electrons. The lowest BCUT2D eigenvalue weighted by molar-refractivity contribution is 0.760. The molecule has 2 aliphatic rings. The van der Waals surface area contributed by atoms with Crippen LogP contribution in [-0.2, 0) is 0 Å². The number of hydrogen-bond donors (Lipinski definition) is 2. The zero-order chi connectivity index (χ0) is 11.2. The van der Waals surface area contributed by atoms with Crippen LogP contribution in [0.4, 0.5) is 0 Å². The van der Waals surface area contributed by atoms with E-state index in [1.54, 1.807) is 0 Å². The molecule has 1 saturated heterocycles. The van der Waals surface area contributed by atoms with Crippen molar-refractivity contribution in [2.45, 2.75) is 31.1 Å². The second-order valence-corrected chi connectivity index (χ2v) is 5.23. The van der Waals surface area contributed by atoms with Gasteiger partial charge in [-0.3, -0.25) is 0 Å². The first kappa shape index (κ1) is 9.59. The SMILES string of the molecule is c1nc2nc(C3CC3)[nH]c2cc1C1CCNC1. The Hall–Kier alpha value is -1.42. The molecule has 0 aromatic carbocycles. The standard InChI is InChI=1S/C13H16N4/c1-2-8(1)12-16-11-5-10(7-15-13(11)17-12)9-3-4-14-6-9/h5,7-9,14H,1-4,6H2,(H,15,16,17). The van der Waals surface area contributed by atoms with Gasteiger partial charge in [-0.2, -0.15) is 0 Å². The van der Waals surface area contributed by atoms with E-state index in [2.05, 4.69) is 26.3 Å². The lowest BCUT2D eigenvalue weighted by atomic mass is 10.0. The summed E-state index contributed by atoms with van der Waals surface area (Å²) in [5.74, 6) is 2.43. The Bertz CT molecular complexity index is 550. The molecule has 0 bridgehead atoms. The van der Waals surface area contributed by atoms with Crippen LogP contribution >= 0.6 is 0 Å². The molecule has 1 unspecified atom stereocenters. The Morgan fingerprint density at radius 3 is 2.88 bits per heavy atom. The van der Waals surface area contributed by atoms with Gasteiger partial charge in [0, 0.05) is 18.7 Å². The average Bonchev–Trinajstić information content (AvgIpc) is 2.92. The number of nitrogens with one attached hydrogen (secondary N) is 2. The highest BCUT2D eigenvalue weighted by Crippen LogP contribution is 2.39. The van der Waals surface area contributed by atoms with Crippen molar-refractivity contribution in [1.82, 2.24) is 20.3 Å². The van der Waals surface area contributed by atoms with Gasteiger partial charge in [0.1, 0.15) is 5.82 Å². The van der Waals surface area contributed by atoms with E-state index in [-0.39, 0.29) is 0 Å². The van der Waals surface area contributed by atoms with Crippen LogP contribution in [0.5, 0.6) is 0 Å². The summed E-state index contributed by atoms with van der Waals surface area (Å²) in [6.45, 7) is 2.20. The molecule has 2 fully saturated rings. The van der Waals surface area contributed by atoms with Crippen LogP contribution in [0.15, 0.2) is 12.3 Å². The topological polar surface area (TPSA) is 53.6 Å². The molecule has 3 heterocycles. The Balaban J connectivity index is 1.74. The van der Waals surface area contributed by atoms with Gasteiger partial charge in [-0.25, -0.2) is 9.97 Å². The van der Waals surface area contributed by atoms with Crippen molar-refractivity contribution in [2.75, 3.05) is 13.1 Å². The van der Waals surface area contributed by atoms with Gasteiger partial charge in [0.05, 0.1) is 5.52 Å². The summed E-state index contributed by atoms with van der Waals surface area (Å²) in [4.78, 5) is 12.5. The second-order valence-electron chi connectivity index (χ2n) is 5.23. The Morgan fingerprint density at radius 2 is 2.12 bits per heavy atom. The molecule has 1 aliphatic carbocycles. The molecule has 0 spiro atoms. The normalized spacial score (nSPS) is 24.6. The van der Waals surface area contributed by atoms with E-state index < -0.39 is 0 Å². The van der Waals surface area contributed by atoms with E-state index in [0.29, 0.717) is 11.8 Å². The van der Waals surface area contributed by atoms with Crippen LogP contribution in [0.3, 0.4) is 0 Å². The van der Waals surface area contributed by atoms with Gasteiger partial charge >= 0.3 is 0 Å². The Labute approximate surface area is 99.9 Å². The summed E-state index contributed by atoms with van der Waals surface area (Å²) in [6.07, 6.45) is 5.77. The fourth-order valence-corrected chi connectivity index (χ4v) is 2.65. The molecule has 2 aromatic heterocycles. The number of aromatic amines is 1. The first-order chi connectivity index (χ1) is 8.40. The molecule has 4 nitrogen and oxygen atoms in total. The second kappa shape index (κ2) is 3.53. The van der Waals surface area contributed by atoms with Crippen molar-refractivity contribution in [3.63, 3.8) is 0 Å². The van der Waals surface area contributed by atoms with E-state index in [1.165, 1.54) is 24.8 Å². The van der Waals surface area contributed by atoms with Gasteiger partial charge in [-0.15, -0.1) is 0 Å². The van der Waals surface area contributed by atoms with Gasteiger partial charge in [-0.1, -0.05) is 0 Å². The van der Waals surface area contributed by atoms with Crippen molar-refractivity contribution in [1.29, 1.82) is 0 Å². The van der Waals surface area contributed by atoms with Crippen LogP contribution in [0, 0.1) is 0 Å². The van der Waals surface area contributed by atoms with Crippen LogP contribution in [0.1, 0.15) is 42.5 Å². The third kappa shape index (κ3) is 1.63. The molecule has 1 saturated carbocycles. The zero-order valence-corrected chi connectivity index (χ0v) is 9.74. The summed E-state index contributed by atoms with van der Waals surface area (Å²) < 4.78 is 0. The largest absolute Gasteiger partial charge is 0.340 e. The van der Waals surface area contributed by atoms with Crippen LogP contribution in [-0.4, -0.2) is 28.0 Å². The maximum Gasteiger partial charge on any atom is 0.177 e. The fraction of sp³-hybridized carbons (Fsp3) is 0.538. The number of H-pyrrole nitrogens is 1. The predicted octanol–water partition coefficient (Wildman–Crippen LogP) is 1.91. The fourth-order valence-electron chi connectivity index (χ4n) is 2.65. The van der Waals surface area contributed by atoms with Crippen LogP contribution < -0.4 is 5.32 Å².